The molecule has 0 radical (unpaired) electrons. The highest BCUT2D eigenvalue weighted by Gasteiger charge is 2.11. The fourth-order valence-electron chi connectivity index (χ4n) is 1.55. The van der Waals surface area contributed by atoms with Gasteiger partial charge in [0.15, 0.2) is 0 Å². The summed E-state index contributed by atoms with van der Waals surface area (Å²) in [5.41, 5.74) is 1.97. The van der Waals surface area contributed by atoms with Crippen LogP contribution in [0.3, 0.4) is 0 Å². The Balaban J connectivity index is 2.18. The van der Waals surface area contributed by atoms with E-state index in [1.54, 1.807) is 24.5 Å². The summed E-state index contributed by atoms with van der Waals surface area (Å²) in [5, 5.41) is 12.1. The van der Waals surface area contributed by atoms with Crippen LogP contribution in [-0.4, -0.2) is 21.0 Å². The maximum Gasteiger partial charge on any atom is 0.339 e. The number of nitrogens with zero attached hydrogens (tertiary/aromatic N) is 2. The number of rotatable bonds is 4. The molecule has 18 heavy (non-hydrogen) atoms. The molecule has 0 spiro atoms. The van der Waals surface area contributed by atoms with E-state index in [9.17, 15) is 4.79 Å². The summed E-state index contributed by atoms with van der Waals surface area (Å²) < 4.78 is 0. The summed E-state index contributed by atoms with van der Waals surface area (Å²) in [6.45, 7) is 2.34. The molecule has 0 amide bonds. The molecule has 0 atom stereocenters. The minimum atomic E-state index is -0.986. The molecule has 0 aliphatic rings. The number of anilines is 1. The molecular formula is C13H13N3O2. The van der Waals surface area contributed by atoms with Crippen molar-refractivity contribution in [2.75, 3.05) is 5.32 Å². The van der Waals surface area contributed by atoms with Crippen LogP contribution in [0.25, 0.3) is 0 Å². The number of aryl methyl sites for hydroxylation is 1. The van der Waals surface area contributed by atoms with Crippen LogP contribution in [0.2, 0.25) is 0 Å². The van der Waals surface area contributed by atoms with Crippen molar-refractivity contribution in [2.24, 2.45) is 0 Å². The standard InChI is InChI=1S/C13H13N3O2/c1-9-2-3-11(13(17)18)12(16-9)15-8-10-4-6-14-7-5-10/h2-7H,8H2,1H3,(H,15,16)(H,17,18). The van der Waals surface area contributed by atoms with Gasteiger partial charge in [0.05, 0.1) is 0 Å². The molecule has 0 saturated heterocycles. The van der Waals surface area contributed by atoms with E-state index in [1.165, 1.54) is 0 Å². The van der Waals surface area contributed by atoms with Crippen LogP contribution in [0.4, 0.5) is 5.82 Å². The number of carboxylic acids is 1. The molecule has 0 fully saturated rings. The van der Waals surface area contributed by atoms with E-state index >= 15 is 0 Å². The van der Waals surface area contributed by atoms with Gasteiger partial charge in [-0.25, -0.2) is 9.78 Å². The molecule has 2 aromatic heterocycles. The quantitative estimate of drug-likeness (QED) is 0.860. The highest BCUT2D eigenvalue weighted by atomic mass is 16.4. The lowest BCUT2D eigenvalue weighted by molar-refractivity contribution is 0.0697. The van der Waals surface area contributed by atoms with Crippen LogP contribution >= 0.6 is 0 Å². The first kappa shape index (κ1) is 12.0. The van der Waals surface area contributed by atoms with Gasteiger partial charge >= 0.3 is 5.97 Å². The number of carbonyl (C=O) groups is 1. The summed E-state index contributed by atoms with van der Waals surface area (Å²) in [5.74, 6) is -0.598. The molecule has 2 heterocycles. The summed E-state index contributed by atoms with van der Waals surface area (Å²) in [6.07, 6.45) is 3.39. The number of pyridine rings is 2. The van der Waals surface area contributed by atoms with Gasteiger partial charge in [-0.2, -0.15) is 0 Å². The van der Waals surface area contributed by atoms with E-state index in [0.717, 1.165) is 11.3 Å². The first-order chi connectivity index (χ1) is 8.66. The lowest BCUT2D eigenvalue weighted by atomic mass is 10.2. The monoisotopic (exact) mass is 243 g/mol. The van der Waals surface area contributed by atoms with Crippen molar-refractivity contribution < 1.29 is 9.90 Å². The Labute approximate surface area is 105 Å². The molecule has 0 aliphatic heterocycles. The highest BCUT2D eigenvalue weighted by molar-refractivity contribution is 5.93. The normalized spacial score (nSPS) is 10.1. The zero-order valence-corrected chi connectivity index (χ0v) is 9.92. The molecule has 0 saturated carbocycles. The third kappa shape index (κ3) is 2.82. The van der Waals surface area contributed by atoms with Gasteiger partial charge in [0, 0.05) is 24.6 Å². The van der Waals surface area contributed by atoms with Crippen molar-refractivity contribution in [3.8, 4) is 0 Å². The van der Waals surface area contributed by atoms with Crippen LogP contribution in [0.1, 0.15) is 21.6 Å². The minimum absolute atomic E-state index is 0.176. The van der Waals surface area contributed by atoms with Gasteiger partial charge in [-0.3, -0.25) is 4.98 Å². The molecule has 5 heteroatoms. The van der Waals surface area contributed by atoms with Crippen molar-refractivity contribution in [1.29, 1.82) is 0 Å². The second-order valence-corrected chi connectivity index (χ2v) is 3.86. The van der Waals surface area contributed by atoms with Crippen LogP contribution in [0.5, 0.6) is 0 Å². The first-order valence-electron chi connectivity index (χ1n) is 5.50. The van der Waals surface area contributed by atoms with E-state index in [1.807, 2.05) is 19.1 Å². The fraction of sp³-hybridized carbons (Fsp3) is 0.154. The second kappa shape index (κ2) is 5.27. The van der Waals surface area contributed by atoms with Crippen LogP contribution in [-0.2, 0) is 6.54 Å². The zero-order chi connectivity index (χ0) is 13.0. The largest absolute Gasteiger partial charge is 0.478 e. The molecule has 0 bridgehead atoms. The van der Waals surface area contributed by atoms with Crippen LogP contribution < -0.4 is 5.32 Å². The molecule has 5 nitrogen and oxygen atoms in total. The van der Waals surface area contributed by atoms with Crippen molar-refractivity contribution in [3.63, 3.8) is 0 Å². The summed E-state index contributed by atoms with van der Waals surface area (Å²) in [4.78, 5) is 19.2. The minimum Gasteiger partial charge on any atom is -0.478 e. The molecule has 2 N–H and O–H groups in total. The molecule has 2 rings (SSSR count). The number of aromatic carboxylic acids is 1. The number of hydrogen-bond donors (Lipinski definition) is 2. The lowest BCUT2D eigenvalue weighted by Crippen LogP contribution is -2.09. The predicted molar refractivity (Wildman–Crippen MR) is 67.5 cm³/mol. The number of nitrogens with one attached hydrogen (secondary N) is 1. The van der Waals surface area contributed by atoms with E-state index in [-0.39, 0.29) is 5.56 Å². The van der Waals surface area contributed by atoms with Crippen LogP contribution in [0, 0.1) is 6.92 Å². The number of carboxylic acid groups (broad SMARTS) is 1. The summed E-state index contributed by atoms with van der Waals surface area (Å²) in [6, 6.07) is 6.97. The first-order valence-corrected chi connectivity index (χ1v) is 5.50. The van der Waals surface area contributed by atoms with E-state index < -0.39 is 5.97 Å². The van der Waals surface area contributed by atoms with E-state index in [0.29, 0.717) is 12.4 Å². The number of hydrogen-bond acceptors (Lipinski definition) is 4. The topological polar surface area (TPSA) is 75.1 Å². The van der Waals surface area contributed by atoms with E-state index in [2.05, 4.69) is 15.3 Å². The van der Waals surface area contributed by atoms with Crippen molar-refractivity contribution in [1.82, 2.24) is 9.97 Å². The molecule has 2 aromatic rings. The summed E-state index contributed by atoms with van der Waals surface area (Å²) in [7, 11) is 0. The predicted octanol–water partition coefficient (Wildman–Crippen LogP) is 2.10. The third-order valence-electron chi connectivity index (χ3n) is 2.47. The Morgan fingerprint density at radius 3 is 2.67 bits per heavy atom. The van der Waals surface area contributed by atoms with Gasteiger partial charge in [-0.05, 0) is 36.8 Å². The Morgan fingerprint density at radius 1 is 1.28 bits per heavy atom. The third-order valence-corrected chi connectivity index (χ3v) is 2.47. The number of aromatic nitrogens is 2. The second-order valence-electron chi connectivity index (χ2n) is 3.86. The smallest absolute Gasteiger partial charge is 0.339 e. The Morgan fingerprint density at radius 2 is 2.00 bits per heavy atom. The van der Waals surface area contributed by atoms with Gasteiger partial charge < -0.3 is 10.4 Å². The fourth-order valence-corrected chi connectivity index (χ4v) is 1.55. The summed E-state index contributed by atoms with van der Waals surface area (Å²) >= 11 is 0. The van der Waals surface area contributed by atoms with Gasteiger partial charge in [-0.15, -0.1) is 0 Å². The van der Waals surface area contributed by atoms with Gasteiger partial charge in [0.25, 0.3) is 0 Å². The van der Waals surface area contributed by atoms with Crippen molar-refractivity contribution in [3.05, 3.63) is 53.5 Å². The Hall–Kier alpha value is -2.43. The maximum atomic E-state index is 11.1. The highest BCUT2D eigenvalue weighted by Crippen LogP contribution is 2.14. The zero-order valence-electron chi connectivity index (χ0n) is 9.92. The lowest BCUT2D eigenvalue weighted by Gasteiger charge is -2.09. The molecule has 0 aliphatic carbocycles. The molecular weight excluding hydrogens is 230 g/mol. The average molecular weight is 243 g/mol. The Bertz CT molecular complexity index is 555. The van der Waals surface area contributed by atoms with Gasteiger partial charge in [0.2, 0.25) is 0 Å². The molecule has 0 aromatic carbocycles. The van der Waals surface area contributed by atoms with Gasteiger partial charge in [-0.1, -0.05) is 0 Å². The average Bonchev–Trinajstić information content (AvgIpc) is 2.37. The molecule has 92 valence electrons. The molecule has 0 unspecified atom stereocenters. The van der Waals surface area contributed by atoms with Crippen molar-refractivity contribution in [2.45, 2.75) is 13.5 Å². The van der Waals surface area contributed by atoms with Crippen LogP contribution in [0.15, 0.2) is 36.7 Å². The SMILES string of the molecule is Cc1ccc(C(=O)O)c(NCc2ccncc2)n1. The maximum absolute atomic E-state index is 11.1. The van der Waals surface area contributed by atoms with Crippen molar-refractivity contribution >= 4 is 11.8 Å². The van der Waals surface area contributed by atoms with Gasteiger partial charge in [0.1, 0.15) is 11.4 Å². The Kier molecular flexibility index (Phi) is 3.52. The van der Waals surface area contributed by atoms with E-state index in [4.69, 9.17) is 5.11 Å².